The Kier molecular flexibility index (Phi) is 9.34. The van der Waals surface area contributed by atoms with Gasteiger partial charge < -0.3 is 20.5 Å². The highest BCUT2D eigenvalue weighted by Gasteiger charge is 2.33. The minimum Gasteiger partial charge on any atom is -0.480 e. The zero-order valence-electron chi connectivity index (χ0n) is 19.7. The number of anilines is 1. The van der Waals surface area contributed by atoms with E-state index in [1.165, 1.54) is 11.8 Å². The summed E-state index contributed by atoms with van der Waals surface area (Å²) < 4.78 is 5.82. The van der Waals surface area contributed by atoms with Crippen molar-refractivity contribution in [2.24, 2.45) is 0 Å². The van der Waals surface area contributed by atoms with Gasteiger partial charge in [-0.05, 0) is 87.1 Å². The van der Waals surface area contributed by atoms with Crippen molar-refractivity contribution in [1.29, 1.82) is 0 Å². The fraction of sp³-hybridized carbons (Fsp3) is 0.400. The molecule has 0 saturated carbocycles. The first kappa shape index (κ1) is 26.3. The van der Waals surface area contributed by atoms with Crippen LogP contribution in [0.15, 0.2) is 42.5 Å². The molecular formula is C25H32N2O5S. The quantitative estimate of drug-likeness (QED) is 0.457. The van der Waals surface area contributed by atoms with Crippen LogP contribution in [0.3, 0.4) is 0 Å². The Bertz CT molecular complexity index is 969. The van der Waals surface area contributed by atoms with Crippen LogP contribution in [0.4, 0.5) is 5.69 Å². The second kappa shape index (κ2) is 11.7. The number of aryl methyl sites for hydroxylation is 2. The lowest BCUT2D eigenvalue weighted by Crippen LogP contribution is -2.52. The lowest BCUT2D eigenvalue weighted by molar-refractivity contribution is -0.145. The van der Waals surface area contributed by atoms with Crippen LogP contribution < -0.4 is 15.4 Å². The Hall–Kier alpha value is -3.00. The molecular weight excluding hydrogens is 440 g/mol. The molecule has 178 valence electrons. The third-order valence-electron chi connectivity index (χ3n) is 4.93. The number of amides is 2. The first-order valence-corrected chi connectivity index (χ1v) is 12.1. The topological polar surface area (TPSA) is 105 Å². The molecule has 33 heavy (non-hydrogen) atoms. The zero-order valence-corrected chi connectivity index (χ0v) is 20.5. The third kappa shape index (κ3) is 8.46. The van der Waals surface area contributed by atoms with Crippen molar-refractivity contribution >= 4 is 35.2 Å². The molecule has 8 heteroatoms. The standard InChI is InChI=1S/C25H32N2O5S/c1-16-12-17(2)14-19(13-16)26-22(28)15-18-6-8-20(9-7-18)32-25(3,4)24(31)27-21(23(29)30)10-11-33-5/h6-9,12-14,21H,10-11,15H2,1-5H3,(H,26,28)(H,27,31)(H,29,30). The van der Waals surface area contributed by atoms with Gasteiger partial charge in [-0.2, -0.15) is 11.8 Å². The minimum atomic E-state index is -1.27. The lowest BCUT2D eigenvalue weighted by atomic mass is 10.1. The summed E-state index contributed by atoms with van der Waals surface area (Å²) in [6, 6.07) is 11.8. The van der Waals surface area contributed by atoms with Crippen molar-refractivity contribution in [3.05, 3.63) is 59.2 Å². The van der Waals surface area contributed by atoms with Crippen molar-refractivity contribution < 1.29 is 24.2 Å². The van der Waals surface area contributed by atoms with Crippen LogP contribution in [-0.2, 0) is 20.8 Å². The third-order valence-corrected chi connectivity index (χ3v) is 5.57. The van der Waals surface area contributed by atoms with Crippen LogP contribution in [0.2, 0.25) is 0 Å². The molecule has 2 aromatic carbocycles. The predicted molar refractivity (Wildman–Crippen MR) is 132 cm³/mol. The average molecular weight is 473 g/mol. The maximum absolute atomic E-state index is 12.6. The molecule has 0 aliphatic rings. The first-order chi connectivity index (χ1) is 15.5. The number of hydrogen-bond donors (Lipinski definition) is 3. The Morgan fingerprint density at radius 1 is 1.06 bits per heavy atom. The van der Waals surface area contributed by atoms with Crippen LogP contribution in [0.1, 0.15) is 37.0 Å². The molecule has 2 amide bonds. The van der Waals surface area contributed by atoms with Crippen LogP contribution >= 0.6 is 11.8 Å². The van der Waals surface area contributed by atoms with Gasteiger partial charge in [0.15, 0.2) is 5.60 Å². The van der Waals surface area contributed by atoms with Crippen molar-refractivity contribution in [1.82, 2.24) is 5.32 Å². The normalized spacial score (nSPS) is 12.0. The highest BCUT2D eigenvalue weighted by atomic mass is 32.2. The number of rotatable bonds is 11. The second-order valence-electron chi connectivity index (χ2n) is 8.50. The summed E-state index contributed by atoms with van der Waals surface area (Å²) in [5.74, 6) is -0.635. The SMILES string of the molecule is CSCCC(NC(=O)C(C)(C)Oc1ccc(CC(=O)Nc2cc(C)cc(C)c2)cc1)C(=O)O. The molecule has 0 aliphatic heterocycles. The molecule has 0 saturated heterocycles. The number of nitrogens with one attached hydrogen (secondary N) is 2. The molecule has 7 nitrogen and oxygen atoms in total. The fourth-order valence-corrected chi connectivity index (χ4v) is 3.75. The molecule has 2 aromatic rings. The lowest BCUT2D eigenvalue weighted by Gasteiger charge is -2.27. The second-order valence-corrected chi connectivity index (χ2v) is 9.49. The number of benzene rings is 2. The van der Waals surface area contributed by atoms with Gasteiger partial charge in [0.05, 0.1) is 6.42 Å². The maximum atomic E-state index is 12.6. The van der Waals surface area contributed by atoms with E-state index in [9.17, 15) is 19.5 Å². The van der Waals surface area contributed by atoms with Gasteiger partial charge in [0.1, 0.15) is 11.8 Å². The van der Waals surface area contributed by atoms with E-state index in [-0.39, 0.29) is 12.3 Å². The number of carbonyl (C=O) groups is 3. The van der Waals surface area contributed by atoms with Crippen molar-refractivity contribution in [3.63, 3.8) is 0 Å². The monoisotopic (exact) mass is 472 g/mol. The first-order valence-electron chi connectivity index (χ1n) is 10.7. The Balaban J connectivity index is 1.95. The van der Waals surface area contributed by atoms with E-state index >= 15 is 0 Å². The van der Waals surface area contributed by atoms with Crippen molar-refractivity contribution in [2.45, 2.75) is 52.2 Å². The highest BCUT2D eigenvalue weighted by Crippen LogP contribution is 2.21. The van der Waals surface area contributed by atoms with Gasteiger partial charge in [-0.15, -0.1) is 0 Å². The Labute approximate surface area is 199 Å². The summed E-state index contributed by atoms with van der Waals surface area (Å²) in [5.41, 5.74) is 2.46. The number of thioether (sulfide) groups is 1. The number of ether oxygens (including phenoxy) is 1. The molecule has 0 radical (unpaired) electrons. The van der Waals surface area contributed by atoms with E-state index in [1.807, 2.05) is 38.3 Å². The van der Waals surface area contributed by atoms with Crippen LogP contribution in [0.5, 0.6) is 5.75 Å². The van der Waals surface area contributed by atoms with E-state index in [0.717, 1.165) is 22.4 Å². The number of carbonyl (C=O) groups excluding carboxylic acids is 2. The molecule has 0 aromatic heterocycles. The fourth-order valence-electron chi connectivity index (χ4n) is 3.28. The molecule has 0 bridgehead atoms. The molecule has 0 aliphatic carbocycles. The summed E-state index contributed by atoms with van der Waals surface area (Å²) in [6.07, 6.45) is 2.41. The van der Waals surface area contributed by atoms with E-state index < -0.39 is 23.5 Å². The van der Waals surface area contributed by atoms with Gasteiger partial charge in [-0.1, -0.05) is 18.2 Å². The van der Waals surface area contributed by atoms with Gasteiger partial charge in [-0.25, -0.2) is 4.79 Å². The van der Waals surface area contributed by atoms with E-state index in [1.54, 1.807) is 38.1 Å². The molecule has 1 unspecified atom stereocenters. The van der Waals surface area contributed by atoms with Gasteiger partial charge in [0, 0.05) is 5.69 Å². The Morgan fingerprint density at radius 3 is 2.21 bits per heavy atom. The summed E-state index contributed by atoms with van der Waals surface area (Å²) in [6.45, 7) is 7.13. The van der Waals surface area contributed by atoms with Crippen LogP contribution in [-0.4, -0.2) is 46.5 Å². The molecule has 0 heterocycles. The van der Waals surface area contributed by atoms with Crippen LogP contribution in [0, 0.1) is 13.8 Å². The van der Waals surface area contributed by atoms with Crippen molar-refractivity contribution in [2.75, 3.05) is 17.3 Å². The molecule has 0 spiro atoms. The van der Waals surface area contributed by atoms with Gasteiger partial charge in [0.25, 0.3) is 5.91 Å². The highest BCUT2D eigenvalue weighted by molar-refractivity contribution is 7.98. The average Bonchev–Trinajstić information content (AvgIpc) is 2.71. The van der Waals surface area contributed by atoms with Crippen molar-refractivity contribution in [3.8, 4) is 5.75 Å². The van der Waals surface area contributed by atoms with Crippen LogP contribution in [0.25, 0.3) is 0 Å². The summed E-state index contributed by atoms with van der Waals surface area (Å²) >= 11 is 1.52. The van der Waals surface area contributed by atoms with E-state index in [4.69, 9.17) is 4.74 Å². The number of carboxylic acids is 1. The van der Waals surface area contributed by atoms with Gasteiger partial charge in [0.2, 0.25) is 5.91 Å². The van der Waals surface area contributed by atoms with Gasteiger partial charge >= 0.3 is 5.97 Å². The number of aliphatic carboxylic acids is 1. The van der Waals surface area contributed by atoms with E-state index in [2.05, 4.69) is 10.6 Å². The molecule has 3 N–H and O–H groups in total. The largest absolute Gasteiger partial charge is 0.480 e. The molecule has 2 rings (SSSR count). The molecule has 1 atom stereocenters. The summed E-state index contributed by atoms with van der Waals surface area (Å²) in [4.78, 5) is 36.4. The smallest absolute Gasteiger partial charge is 0.326 e. The number of hydrogen-bond acceptors (Lipinski definition) is 5. The summed E-state index contributed by atoms with van der Waals surface area (Å²) in [5, 5.41) is 14.8. The van der Waals surface area contributed by atoms with E-state index in [0.29, 0.717) is 17.9 Å². The predicted octanol–water partition coefficient (Wildman–Crippen LogP) is 3.96. The number of carboxylic acid groups (broad SMARTS) is 1. The maximum Gasteiger partial charge on any atom is 0.326 e. The minimum absolute atomic E-state index is 0.127. The zero-order chi connectivity index (χ0) is 24.6. The Morgan fingerprint density at radius 2 is 1.67 bits per heavy atom. The van der Waals surface area contributed by atoms with Gasteiger partial charge in [-0.3, -0.25) is 9.59 Å². The summed E-state index contributed by atoms with van der Waals surface area (Å²) in [7, 11) is 0. The molecule has 0 fully saturated rings.